The summed E-state index contributed by atoms with van der Waals surface area (Å²) in [4.78, 5) is 13.2. The third-order valence-electron chi connectivity index (χ3n) is 4.05. The number of carbonyl (C=O) groups is 1. The van der Waals surface area contributed by atoms with E-state index in [0.29, 0.717) is 6.42 Å². The summed E-state index contributed by atoms with van der Waals surface area (Å²) >= 11 is 0. The fourth-order valence-electron chi connectivity index (χ4n) is 3.02. The zero-order valence-electron chi connectivity index (χ0n) is 10.9. The lowest BCUT2D eigenvalue weighted by Crippen LogP contribution is -2.37. The van der Waals surface area contributed by atoms with Gasteiger partial charge in [0.2, 0.25) is 0 Å². The molecular formula is C15H19NO3. The Morgan fingerprint density at radius 2 is 2.11 bits per heavy atom. The van der Waals surface area contributed by atoms with Gasteiger partial charge >= 0.3 is 5.97 Å². The Labute approximate surface area is 113 Å². The lowest BCUT2D eigenvalue weighted by atomic mass is 9.99. The molecule has 1 N–H and O–H groups in total. The Morgan fingerprint density at radius 3 is 2.84 bits per heavy atom. The summed E-state index contributed by atoms with van der Waals surface area (Å²) in [6.07, 6.45) is 2.05. The fraction of sp³-hybridized carbons (Fsp3) is 0.533. The predicted octanol–water partition coefficient (Wildman–Crippen LogP) is 1.68. The number of ether oxygens (including phenoxy) is 1. The first kappa shape index (κ1) is 12.6. The standard InChI is InChI=1S/C15H19NO3/c17-15(18)14-6-5-13(19-14)10-16-8-7-11-3-1-2-4-12(11)9-16/h1-4,13-14H,5-10H2,(H,17,18). The summed E-state index contributed by atoms with van der Waals surface area (Å²) < 4.78 is 5.57. The second-order valence-corrected chi connectivity index (χ2v) is 5.42. The molecule has 0 radical (unpaired) electrons. The third kappa shape index (κ3) is 2.80. The Morgan fingerprint density at radius 1 is 1.32 bits per heavy atom. The van der Waals surface area contributed by atoms with Gasteiger partial charge in [-0.15, -0.1) is 0 Å². The molecule has 19 heavy (non-hydrogen) atoms. The third-order valence-corrected chi connectivity index (χ3v) is 4.05. The van der Waals surface area contributed by atoms with Crippen LogP contribution in [-0.4, -0.2) is 41.3 Å². The summed E-state index contributed by atoms with van der Waals surface area (Å²) in [5.74, 6) is -0.827. The molecule has 2 aliphatic rings. The highest BCUT2D eigenvalue weighted by molar-refractivity contribution is 5.72. The van der Waals surface area contributed by atoms with Gasteiger partial charge in [0.05, 0.1) is 6.10 Å². The number of hydrogen-bond donors (Lipinski definition) is 1. The van der Waals surface area contributed by atoms with Crippen molar-refractivity contribution >= 4 is 5.97 Å². The van der Waals surface area contributed by atoms with E-state index in [1.54, 1.807) is 0 Å². The molecule has 4 nitrogen and oxygen atoms in total. The van der Waals surface area contributed by atoms with Crippen LogP contribution in [0.15, 0.2) is 24.3 Å². The smallest absolute Gasteiger partial charge is 0.332 e. The molecule has 2 unspecified atom stereocenters. The highest BCUT2D eigenvalue weighted by Crippen LogP contribution is 2.24. The summed E-state index contributed by atoms with van der Waals surface area (Å²) in [6, 6.07) is 8.54. The van der Waals surface area contributed by atoms with Crippen LogP contribution < -0.4 is 0 Å². The maximum atomic E-state index is 10.9. The van der Waals surface area contributed by atoms with Crippen molar-refractivity contribution < 1.29 is 14.6 Å². The molecule has 0 saturated carbocycles. The minimum atomic E-state index is -0.827. The number of carboxylic acids is 1. The van der Waals surface area contributed by atoms with Gasteiger partial charge in [-0.25, -0.2) is 4.79 Å². The highest BCUT2D eigenvalue weighted by atomic mass is 16.5. The minimum Gasteiger partial charge on any atom is -0.479 e. The van der Waals surface area contributed by atoms with Crippen LogP contribution in [0.4, 0.5) is 0 Å². The summed E-state index contributed by atoms with van der Waals surface area (Å²) in [5, 5.41) is 8.93. The van der Waals surface area contributed by atoms with Crippen LogP contribution in [0.1, 0.15) is 24.0 Å². The van der Waals surface area contributed by atoms with Crippen molar-refractivity contribution in [1.82, 2.24) is 4.90 Å². The van der Waals surface area contributed by atoms with E-state index in [0.717, 1.165) is 32.5 Å². The van der Waals surface area contributed by atoms with Crippen molar-refractivity contribution in [3.8, 4) is 0 Å². The molecule has 0 amide bonds. The van der Waals surface area contributed by atoms with Gasteiger partial charge in [-0.3, -0.25) is 4.90 Å². The average molecular weight is 261 g/mol. The first-order valence-electron chi connectivity index (χ1n) is 6.90. The van der Waals surface area contributed by atoms with Gasteiger partial charge < -0.3 is 9.84 Å². The van der Waals surface area contributed by atoms with E-state index in [9.17, 15) is 4.79 Å². The Hall–Kier alpha value is -1.39. The van der Waals surface area contributed by atoms with E-state index >= 15 is 0 Å². The van der Waals surface area contributed by atoms with Gasteiger partial charge in [0, 0.05) is 19.6 Å². The molecule has 0 aromatic heterocycles. The van der Waals surface area contributed by atoms with Crippen molar-refractivity contribution in [3.63, 3.8) is 0 Å². The normalized spacial score (nSPS) is 27.2. The lowest BCUT2D eigenvalue weighted by molar-refractivity contribution is -0.149. The lowest BCUT2D eigenvalue weighted by Gasteiger charge is -2.30. The average Bonchev–Trinajstić information content (AvgIpc) is 2.87. The summed E-state index contributed by atoms with van der Waals surface area (Å²) in [6.45, 7) is 2.83. The second kappa shape index (κ2) is 5.31. The predicted molar refractivity (Wildman–Crippen MR) is 71.0 cm³/mol. The Bertz CT molecular complexity index is 474. The van der Waals surface area contributed by atoms with Gasteiger partial charge in [-0.1, -0.05) is 24.3 Å². The fourth-order valence-corrected chi connectivity index (χ4v) is 3.02. The maximum absolute atomic E-state index is 10.9. The number of hydrogen-bond acceptors (Lipinski definition) is 3. The summed E-state index contributed by atoms with van der Waals surface area (Å²) in [5.41, 5.74) is 2.83. The van der Waals surface area contributed by atoms with Crippen LogP contribution in [0.3, 0.4) is 0 Å². The maximum Gasteiger partial charge on any atom is 0.332 e. The van der Waals surface area contributed by atoms with Gasteiger partial charge in [0.15, 0.2) is 6.10 Å². The van der Waals surface area contributed by atoms with E-state index in [1.165, 1.54) is 11.1 Å². The van der Waals surface area contributed by atoms with Crippen molar-refractivity contribution in [1.29, 1.82) is 0 Å². The number of aliphatic carboxylic acids is 1. The van der Waals surface area contributed by atoms with Gasteiger partial charge in [0.25, 0.3) is 0 Å². The molecule has 2 atom stereocenters. The molecule has 0 bridgehead atoms. The molecule has 2 aliphatic heterocycles. The number of carboxylic acid groups (broad SMARTS) is 1. The number of nitrogens with zero attached hydrogens (tertiary/aromatic N) is 1. The van der Waals surface area contributed by atoms with Gasteiger partial charge in [-0.2, -0.15) is 0 Å². The van der Waals surface area contributed by atoms with Crippen LogP contribution in [-0.2, 0) is 22.5 Å². The quantitative estimate of drug-likeness (QED) is 0.899. The van der Waals surface area contributed by atoms with Crippen molar-refractivity contribution in [2.24, 2.45) is 0 Å². The molecule has 1 saturated heterocycles. The first-order chi connectivity index (χ1) is 9.22. The number of benzene rings is 1. The molecule has 0 aliphatic carbocycles. The zero-order chi connectivity index (χ0) is 13.2. The molecule has 1 fully saturated rings. The second-order valence-electron chi connectivity index (χ2n) is 5.42. The zero-order valence-corrected chi connectivity index (χ0v) is 10.9. The van der Waals surface area contributed by atoms with E-state index in [1.807, 2.05) is 0 Å². The summed E-state index contributed by atoms with van der Waals surface area (Å²) in [7, 11) is 0. The molecule has 102 valence electrons. The SMILES string of the molecule is O=C(O)C1CCC(CN2CCc3ccccc3C2)O1. The monoisotopic (exact) mass is 261 g/mol. The van der Waals surface area contributed by atoms with Gasteiger partial charge in [0.1, 0.15) is 0 Å². The Kier molecular flexibility index (Phi) is 3.53. The van der Waals surface area contributed by atoms with Crippen molar-refractivity contribution in [2.75, 3.05) is 13.1 Å². The highest BCUT2D eigenvalue weighted by Gasteiger charge is 2.31. The minimum absolute atomic E-state index is 0.0753. The Balaban J connectivity index is 1.57. The first-order valence-corrected chi connectivity index (χ1v) is 6.90. The molecule has 1 aromatic carbocycles. The largest absolute Gasteiger partial charge is 0.479 e. The number of fused-ring (bicyclic) bond motifs is 1. The van der Waals surface area contributed by atoms with Crippen LogP contribution in [0.25, 0.3) is 0 Å². The van der Waals surface area contributed by atoms with Gasteiger partial charge in [-0.05, 0) is 30.4 Å². The molecule has 2 heterocycles. The van der Waals surface area contributed by atoms with E-state index in [4.69, 9.17) is 9.84 Å². The van der Waals surface area contributed by atoms with Crippen LogP contribution in [0.2, 0.25) is 0 Å². The molecule has 0 spiro atoms. The molecule has 3 rings (SSSR count). The molecule has 4 heteroatoms. The molecule has 1 aromatic rings. The van der Waals surface area contributed by atoms with Crippen LogP contribution >= 0.6 is 0 Å². The van der Waals surface area contributed by atoms with E-state index in [2.05, 4.69) is 29.2 Å². The van der Waals surface area contributed by atoms with Crippen LogP contribution in [0, 0.1) is 0 Å². The topological polar surface area (TPSA) is 49.8 Å². The van der Waals surface area contributed by atoms with Crippen molar-refractivity contribution in [2.45, 2.75) is 38.0 Å². The van der Waals surface area contributed by atoms with Crippen LogP contribution in [0.5, 0.6) is 0 Å². The number of rotatable bonds is 3. The van der Waals surface area contributed by atoms with E-state index in [-0.39, 0.29) is 6.10 Å². The van der Waals surface area contributed by atoms with E-state index < -0.39 is 12.1 Å². The van der Waals surface area contributed by atoms with Crippen molar-refractivity contribution in [3.05, 3.63) is 35.4 Å². The molecular weight excluding hydrogens is 242 g/mol.